The van der Waals surface area contributed by atoms with E-state index in [9.17, 15) is 42.3 Å². The molecule has 4 atom stereocenters. The van der Waals surface area contributed by atoms with Crippen LogP contribution in [-0.4, -0.2) is 88.7 Å². The highest BCUT2D eigenvalue weighted by atomic mass is 19.4. The number of amides is 3. The maximum absolute atomic E-state index is 14.0. The zero-order valence-corrected chi connectivity index (χ0v) is 22.3. The fourth-order valence-corrected chi connectivity index (χ4v) is 5.38. The zero-order chi connectivity index (χ0) is 29.8. The second kappa shape index (κ2) is 12.1. The number of carbonyl (C=O) groups is 5. The van der Waals surface area contributed by atoms with Gasteiger partial charge in [0.1, 0.15) is 17.7 Å². The van der Waals surface area contributed by atoms with Crippen LogP contribution in [0.5, 0.6) is 0 Å². The molecule has 2 aliphatic heterocycles. The van der Waals surface area contributed by atoms with Gasteiger partial charge >= 0.3 is 24.2 Å². The first-order chi connectivity index (χ1) is 18.7. The van der Waals surface area contributed by atoms with E-state index in [4.69, 9.17) is 9.47 Å². The lowest BCUT2D eigenvalue weighted by Gasteiger charge is -2.40. The highest BCUT2D eigenvalue weighted by Gasteiger charge is 2.53. The molecule has 14 heteroatoms. The molecule has 0 spiro atoms. The number of methoxy groups -OCH3 is 1. The maximum atomic E-state index is 14.0. The van der Waals surface area contributed by atoms with Crippen LogP contribution in [0.15, 0.2) is 24.3 Å². The van der Waals surface area contributed by atoms with E-state index < -0.39 is 65.3 Å². The summed E-state index contributed by atoms with van der Waals surface area (Å²) in [7, 11) is 1.08. The first-order valence-electron chi connectivity index (χ1n) is 12.7. The normalized spacial score (nSPS) is 22.4. The Morgan fingerprint density at radius 3 is 2.33 bits per heavy atom. The van der Waals surface area contributed by atoms with E-state index in [1.807, 2.05) is 0 Å². The molecule has 2 unspecified atom stereocenters. The van der Waals surface area contributed by atoms with Crippen molar-refractivity contribution >= 4 is 29.8 Å². The van der Waals surface area contributed by atoms with Gasteiger partial charge in [0.25, 0.3) is 0 Å². The maximum Gasteiger partial charge on any atom is 0.416 e. The van der Waals surface area contributed by atoms with Crippen LogP contribution >= 0.6 is 0 Å². The fraction of sp³-hybridized carbons (Fsp3) is 0.577. The number of carbonyl (C=O) groups excluding carboxylic acids is 4. The van der Waals surface area contributed by atoms with Gasteiger partial charge in [-0.3, -0.25) is 19.3 Å². The van der Waals surface area contributed by atoms with Crippen molar-refractivity contribution in [2.75, 3.05) is 20.2 Å². The average Bonchev–Trinajstić information content (AvgIpc) is 3.54. The highest BCUT2D eigenvalue weighted by Crippen LogP contribution is 2.37. The third-order valence-corrected chi connectivity index (χ3v) is 7.30. The number of carboxylic acid groups (broad SMARTS) is 1. The van der Waals surface area contributed by atoms with Gasteiger partial charge in [0.05, 0.1) is 12.7 Å². The van der Waals surface area contributed by atoms with Gasteiger partial charge in [0, 0.05) is 26.4 Å². The van der Waals surface area contributed by atoms with Crippen molar-refractivity contribution in [2.45, 2.75) is 75.9 Å². The van der Waals surface area contributed by atoms with Crippen LogP contribution < -0.4 is 5.32 Å². The largest absolute Gasteiger partial charge is 0.467 e. The molecule has 0 aromatic heterocycles. The number of benzene rings is 1. The molecule has 40 heavy (non-hydrogen) atoms. The van der Waals surface area contributed by atoms with Gasteiger partial charge < -0.3 is 24.8 Å². The summed E-state index contributed by atoms with van der Waals surface area (Å²) < 4.78 is 49.3. The molecule has 0 saturated carbocycles. The van der Waals surface area contributed by atoms with E-state index in [1.54, 1.807) is 0 Å². The summed E-state index contributed by atoms with van der Waals surface area (Å²) in [6, 6.07) is 1.66. The van der Waals surface area contributed by atoms with Crippen molar-refractivity contribution in [1.29, 1.82) is 0 Å². The van der Waals surface area contributed by atoms with E-state index in [0.29, 0.717) is 18.4 Å². The quantitative estimate of drug-likeness (QED) is 0.453. The standard InChI is InChI=1S/C26H32F3N3O8/c1-15(40-16(2)33)20(22(35)39-3)30-23(36)25(14-17-7-9-18(10-8-17)26(27,28)29)11-5-13-32(25)21(34)19-6-4-12-31(19)24(37)38/h7-10,15,19-20H,4-6,11-14H2,1-3H3,(H,30,36)(H,37,38)/t15-,19?,20+,25?/m1/s1. The summed E-state index contributed by atoms with van der Waals surface area (Å²) >= 11 is 0. The minimum Gasteiger partial charge on any atom is -0.467 e. The van der Waals surface area contributed by atoms with Gasteiger partial charge in [-0.2, -0.15) is 13.2 Å². The minimum absolute atomic E-state index is 0.0826. The van der Waals surface area contributed by atoms with Crippen LogP contribution in [0.25, 0.3) is 0 Å². The lowest BCUT2D eigenvalue weighted by Crippen LogP contribution is -2.64. The zero-order valence-electron chi connectivity index (χ0n) is 22.3. The van der Waals surface area contributed by atoms with Crippen LogP contribution in [0.3, 0.4) is 0 Å². The number of hydrogen-bond acceptors (Lipinski definition) is 7. The molecule has 3 amide bonds. The molecule has 0 aliphatic carbocycles. The molecule has 0 bridgehead atoms. The number of nitrogens with one attached hydrogen (secondary N) is 1. The summed E-state index contributed by atoms with van der Waals surface area (Å²) in [5, 5.41) is 12.1. The Kier molecular flexibility index (Phi) is 9.31. The predicted molar refractivity (Wildman–Crippen MR) is 132 cm³/mol. The molecule has 2 heterocycles. The Bertz CT molecular complexity index is 1140. The van der Waals surface area contributed by atoms with Gasteiger partial charge in [-0.1, -0.05) is 12.1 Å². The van der Waals surface area contributed by atoms with Gasteiger partial charge in [-0.25, -0.2) is 9.59 Å². The van der Waals surface area contributed by atoms with Crippen LogP contribution in [0.1, 0.15) is 50.7 Å². The predicted octanol–water partition coefficient (Wildman–Crippen LogP) is 2.36. The van der Waals surface area contributed by atoms with Crippen LogP contribution in [0, 0.1) is 0 Å². The number of halogens is 3. The average molecular weight is 572 g/mol. The molecule has 1 aromatic carbocycles. The topological polar surface area (TPSA) is 143 Å². The monoisotopic (exact) mass is 571 g/mol. The van der Waals surface area contributed by atoms with E-state index in [0.717, 1.165) is 31.1 Å². The van der Waals surface area contributed by atoms with Gasteiger partial charge in [0.15, 0.2) is 6.04 Å². The lowest BCUT2D eigenvalue weighted by atomic mass is 9.85. The minimum atomic E-state index is -4.58. The van der Waals surface area contributed by atoms with Gasteiger partial charge in [-0.05, 0) is 50.3 Å². The molecular weight excluding hydrogens is 539 g/mol. The molecule has 2 fully saturated rings. The second-order valence-corrected chi connectivity index (χ2v) is 9.92. The molecule has 0 radical (unpaired) electrons. The summed E-state index contributed by atoms with van der Waals surface area (Å²) in [6.45, 7) is 2.71. The van der Waals surface area contributed by atoms with Gasteiger partial charge in [0.2, 0.25) is 11.8 Å². The number of rotatable bonds is 8. The molecule has 2 aliphatic rings. The molecule has 2 N–H and O–H groups in total. The van der Waals surface area contributed by atoms with Crippen molar-refractivity contribution in [2.24, 2.45) is 0 Å². The number of hydrogen-bond donors (Lipinski definition) is 2. The van der Waals surface area contributed by atoms with E-state index in [2.05, 4.69) is 5.32 Å². The Morgan fingerprint density at radius 1 is 1.12 bits per heavy atom. The first-order valence-corrected chi connectivity index (χ1v) is 12.7. The smallest absolute Gasteiger partial charge is 0.416 e. The molecule has 3 rings (SSSR count). The van der Waals surface area contributed by atoms with Crippen molar-refractivity contribution in [3.63, 3.8) is 0 Å². The van der Waals surface area contributed by atoms with Gasteiger partial charge in [-0.15, -0.1) is 0 Å². The number of nitrogens with zero attached hydrogens (tertiary/aromatic N) is 2. The molecule has 1 aromatic rings. The Labute approximate surface area is 228 Å². The summed E-state index contributed by atoms with van der Waals surface area (Å²) in [5.41, 5.74) is -2.25. The van der Waals surface area contributed by atoms with Crippen molar-refractivity contribution < 1.29 is 51.7 Å². The van der Waals surface area contributed by atoms with E-state index in [-0.39, 0.29) is 32.4 Å². The summed E-state index contributed by atoms with van der Waals surface area (Å²) in [4.78, 5) is 65.8. The third-order valence-electron chi connectivity index (χ3n) is 7.30. The van der Waals surface area contributed by atoms with Crippen molar-refractivity contribution in [3.8, 4) is 0 Å². The third kappa shape index (κ3) is 6.48. The number of ether oxygens (including phenoxy) is 2. The molecule has 2 saturated heterocycles. The Balaban J connectivity index is 2.02. The Hall–Kier alpha value is -3.84. The van der Waals surface area contributed by atoms with Crippen molar-refractivity contribution in [3.05, 3.63) is 35.4 Å². The fourth-order valence-electron chi connectivity index (χ4n) is 5.38. The second-order valence-electron chi connectivity index (χ2n) is 9.92. The molecule has 11 nitrogen and oxygen atoms in total. The van der Waals surface area contributed by atoms with E-state index >= 15 is 0 Å². The summed E-state index contributed by atoms with van der Waals surface area (Å²) in [5.74, 6) is -3.06. The molecular formula is C26H32F3N3O8. The Morgan fingerprint density at radius 2 is 1.77 bits per heavy atom. The summed E-state index contributed by atoms with van der Waals surface area (Å²) in [6.07, 6.45) is -6.12. The van der Waals surface area contributed by atoms with Crippen LogP contribution in [0.2, 0.25) is 0 Å². The van der Waals surface area contributed by atoms with Crippen molar-refractivity contribution in [1.82, 2.24) is 15.1 Å². The van der Waals surface area contributed by atoms with Crippen LogP contribution in [-0.2, 0) is 41.2 Å². The highest BCUT2D eigenvalue weighted by molar-refractivity contribution is 5.97. The number of alkyl halides is 3. The van der Waals surface area contributed by atoms with E-state index in [1.165, 1.54) is 24.0 Å². The van der Waals surface area contributed by atoms with Crippen LogP contribution in [0.4, 0.5) is 18.0 Å². The number of likely N-dealkylation sites (tertiary alicyclic amines) is 2. The molecule has 220 valence electrons. The first kappa shape index (κ1) is 30.7. The SMILES string of the molecule is COC(=O)[C@@H](NC(=O)C1(Cc2ccc(C(F)(F)F)cc2)CCCN1C(=O)C1CCCN1C(=O)O)[C@@H](C)OC(C)=O. The number of esters is 2. The lowest BCUT2D eigenvalue weighted by molar-refractivity contribution is -0.158.